The zero-order valence-corrected chi connectivity index (χ0v) is 10.0. The molecule has 3 heteroatoms. The molecule has 84 valence electrons. The highest BCUT2D eigenvalue weighted by atomic mass is 16.5. The van der Waals surface area contributed by atoms with Crippen LogP contribution in [-0.2, 0) is 9.53 Å². The third kappa shape index (κ3) is 3.29. The molecule has 0 aromatic carbocycles. The van der Waals surface area contributed by atoms with Crippen LogP contribution in [0.3, 0.4) is 0 Å². The van der Waals surface area contributed by atoms with E-state index in [1.54, 1.807) is 0 Å². The van der Waals surface area contributed by atoms with E-state index in [1.165, 1.54) is 0 Å². The van der Waals surface area contributed by atoms with Crippen LogP contribution in [0.2, 0.25) is 0 Å². The smallest absolute Gasteiger partial charge is 0.313 e. The molecular weight excluding hydrogens is 178 g/mol. The van der Waals surface area contributed by atoms with Gasteiger partial charge < -0.3 is 10.5 Å². The predicted molar refractivity (Wildman–Crippen MR) is 57.9 cm³/mol. The van der Waals surface area contributed by atoms with Gasteiger partial charge in [-0.1, -0.05) is 13.3 Å². The van der Waals surface area contributed by atoms with Crippen molar-refractivity contribution in [2.45, 2.75) is 53.0 Å². The monoisotopic (exact) mass is 201 g/mol. The van der Waals surface area contributed by atoms with Crippen molar-refractivity contribution < 1.29 is 9.53 Å². The fourth-order valence-electron chi connectivity index (χ4n) is 0.753. The lowest BCUT2D eigenvalue weighted by Gasteiger charge is -2.35. The molecule has 0 amide bonds. The summed E-state index contributed by atoms with van der Waals surface area (Å²) >= 11 is 0. The number of carbonyl (C=O) groups excluding carboxylic acids is 1. The van der Waals surface area contributed by atoms with E-state index in [0.717, 1.165) is 12.8 Å². The van der Waals surface area contributed by atoms with Crippen LogP contribution >= 0.6 is 0 Å². The van der Waals surface area contributed by atoms with Gasteiger partial charge in [-0.15, -0.1) is 0 Å². The third-order valence-electron chi connectivity index (χ3n) is 2.85. The van der Waals surface area contributed by atoms with Gasteiger partial charge in [0.15, 0.2) is 0 Å². The van der Waals surface area contributed by atoms with Crippen LogP contribution in [0.15, 0.2) is 0 Å². The standard InChI is InChI=1S/C11H23NO2/c1-6-7-8-14-9(13)10(2,3)11(4,5)12/h6-8,12H2,1-5H3. The summed E-state index contributed by atoms with van der Waals surface area (Å²) in [6, 6.07) is 0. The highest BCUT2D eigenvalue weighted by molar-refractivity contribution is 5.77. The van der Waals surface area contributed by atoms with Crippen molar-refractivity contribution in [3.8, 4) is 0 Å². The van der Waals surface area contributed by atoms with Gasteiger partial charge in [0, 0.05) is 5.54 Å². The quantitative estimate of drug-likeness (QED) is 0.547. The minimum absolute atomic E-state index is 0.210. The molecule has 0 aliphatic carbocycles. The molecule has 2 N–H and O–H groups in total. The molecule has 0 heterocycles. The van der Waals surface area contributed by atoms with Gasteiger partial charge in [-0.2, -0.15) is 0 Å². The molecule has 0 fully saturated rings. The zero-order valence-electron chi connectivity index (χ0n) is 10.0. The van der Waals surface area contributed by atoms with Crippen molar-refractivity contribution in [2.75, 3.05) is 6.61 Å². The van der Waals surface area contributed by atoms with Gasteiger partial charge in [0.2, 0.25) is 0 Å². The minimum Gasteiger partial charge on any atom is -0.465 e. The lowest BCUT2D eigenvalue weighted by molar-refractivity contribution is -0.157. The topological polar surface area (TPSA) is 52.3 Å². The molecule has 0 saturated heterocycles. The van der Waals surface area contributed by atoms with Gasteiger partial charge in [-0.05, 0) is 34.1 Å². The Morgan fingerprint density at radius 2 is 1.79 bits per heavy atom. The summed E-state index contributed by atoms with van der Waals surface area (Å²) in [5, 5.41) is 0. The van der Waals surface area contributed by atoms with Crippen molar-refractivity contribution in [3.63, 3.8) is 0 Å². The average Bonchev–Trinajstić information content (AvgIpc) is 2.02. The number of nitrogens with two attached hydrogens (primary N) is 1. The molecule has 0 unspecified atom stereocenters. The number of carbonyl (C=O) groups is 1. The van der Waals surface area contributed by atoms with Crippen molar-refractivity contribution in [1.29, 1.82) is 0 Å². The number of esters is 1. The number of ether oxygens (including phenoxy) is 1. The summed E-state index contributed by atoms with van der Waals surface area (Å²) in [7, 11) is 0. The molecule has 0 atom stereocenters. The fourth-order valence-corrected chi connectivity index (χ4v) is 0.753. The second-order valence-electron chi connectivity index (χ2n) is 4.84. The highest BCUT2D eigenvalue weighted by Crippen LogP contribution is 2.29. The number of hydrogen-bond donors (Lipinski definition) is 1. The zero-order chi connectivity index (χ0) is 11.4. The second kappa shape index (κ2) is 4.78. The first-order valence-corrected chi connectivity index (χ1v) is 5.19. The lowest BCUT2D eigenvalue weighted by atomic mass is 9.75. The Balaban J connectivity index is 4.23. The van der Waals surface area contributed by atoms with Crippen molar-refractivity contribution >= 4 is 5.97 Å². The van der Waals surface area contributed by atoms with Crippen molar-refractivity contribution in [3.05, 3.63) is 0 Å². The van der Waals surface area contributed by atoms with E-state index in [2.05, 4.69) is 6.92 Å². The largest absolute Gasteiger partial charge is 0.465 e. The Morgan fingerprint density at radius 3 is 2.14 bits per heavy atom. The van der Waals surface area contributed by atoms with Crippen LogP contribution in [-0.4, -0.2) is 18.1 Å². The Bertz CT molecular complexity index is 192. The summed E-state index contributed by atoms with van der Waals surface area (Å²) in [6.07, 6.45) is 1.94. The summed E-state index contributed by atoms with van der Waals surface area (Å²) in [5.41, 5.74) is 4.72. The van der Waals surface area contributed by atoms with E-state index in [-0.39, 0.29) is 5.97 Å². The summed E-state index contributed by atoms with van der Waals surface area (Å²) < 4.78 is 5.15. The van der Waals surface area contributed by atoms with Gasteiger partial charge >= 0.3 is 5.97 Å². The van der Waals surface area contributed by atoms with E-state index in [1.807, 2.05) is 27.7 Å². The maximum Gasteiger partial charge on any atom is 0.313 e. The molecule has 0 saturated carbocycles. The Morgan fingerprint density at radius 1 is 1.29 bits per heavy atom. The van der Waals surface area contributed by atoms with Crippen LogP contribution in [0.1, 0.15) is 47.5 Å². The first-order chi connectivity index (χ1) is 6.23. The van der Waals surface area contributed by atoms with Crippen LogP contribution in [0.25, 0.3) is 0 Å². The van der Waals surface area contributed by atoms with E-state index < -0.39 is 11.0 Å². The van der Waals surface area contributed by atoms with Crippen LogP contribution in [0, 0.1) is 5.41 Å². The van der Waals surface area contributed by atoms with Gasteiger partial charge in [0.1, 0.15) is 0 Å². The van der Waals surface area contributed by atoms with Crippen LogP contribution in [0.5, 0.6) is 0 Å². The molecule has 0 radical (unpaired) electrons. The molecule has 0 aliphatic rings. The third-order valence-corrected chi connectivity index (χ3v) is 2.85. The number of unbranched alkanes of at least 4 members (excludes halogenated alkanes) is 1. The number of hydrogen-bond acceptors (Lipinski definition) is 3. The number of rotatable bonds is 5. The summed E-state index contributed by atoms with van der Waals surface area (Å²) in [6.45, 7) is 9.88. The molecule has 0 aromatic rings. The Labute approximate surface area is 87.0 Å². The van der Waals surface area contributed by atoms with Gasteiger partial charge in [-0.3, -0.25) is 4.79 Å². The molecule has 0 rings (SSSR count). The van der Waals surface area contributed by atoms with E-state index >= 15 is 0 Å². The first-order valence-electron chi connectivity index (χ1n) is 5.19. The van der Waals surface area contributed by atoms with Crippen LogP contribution in [0.4, 0.5) is 0 Å². The molecule has 0 spiro atoms. The van der Waals surface area contributed by atoms with Gasteiger partial charge in [0.05, 0.1) is 12.0 Å². The normalized spacial score (nSPS) is 12.7. The van der Waals surface area contributed by atoms with Crippen LogP contribution < -0.4 is 5.73 Å². The van der Waals surface area contributed by atoms with E-state index in [4.69, 9.17) is 10.5 Å². The molecule has 0 bridgehead atoms. The SMILES string of the molecule is CCCCOC(=O)C(C)(C)C(C)(C)N. The van der Waals surface area contributed by atoms with Crippen molar-refractivity contribution in [2.24, 2.45) is 11.1 Å². The van der Waals surface area contributed by atoms with Gasteiger partial charge in [-0.25, -0.2) is 0 Å². The fraction of sp³-hybridized carbons (Fsp3) is 0.909. The second-order valence-corrected chi connectivity index (χ2v) is 4.84. The highest BCUT2D eigenvalue weighted by Gasteiger charge is 2.41. The molecule has 0 aliphatic heterocycles. The average molecular weight is 201 g/mol. The molecule has 14 heavy (non-hydrogen) atoms. The Hall–Kier alpha value is -0.570. The van der Waals surface area contributed by atoms with Crippen molar-refractivity contribution in [1.82, 2.24) is 0 Å². The molecular formula is C11H23NO2. The Kier molecular flexibility index (Phi) is 4.59. The van der Waals surface area contributed by atoms with E-state index in [9.17, 15) is 4.79 Å². The summed E-state index contributed by atoms with van der Waals surface area (Å²) in [5.74, 6) is -0.210. The molecule has 3 nitrogen and oxygen atoms in total. The maximum atomic E-state index is 11.7. The minimum atomic E-state index is -0.638. The summed E-state index contributed by atoms with van der Waals surface area (Å²) in [4.78, 5) is 11.7. The maximum absolute atomic E-state index is 11.7. The van der Waals surface area contributed by atoms with Gasteiger partial charge in [0.25, 0.3) is 0 Å². The lowest BCUT2D eigenvalue weighted by Crippen LogP contribution is -2.52. The van der Waals surface area contributed by atoms with E-state index in [0.29, 0.717) is 6.61 Å². The molecule has 0 aromatic heterocycles. The predicted octanol–water partition coefficient (Wildman–Crippen LogP) is 2.09. The first kappa shape index (κ1) is 13.4.